The van der Waals surface area contributed by atoms with E-state index in [2.05, 4.69) is 20.9 Å². The number of furan rings is 1. The number of benzene rings is 1. The Morgan fingerprint density at radius 2 is 2.10 bits per heavy atom. The molecule has 0 radical (unpaired) electrons. The van der Waals surface area contributed by atoms with E-state index in [-0.39, 0.29) is 17.9 Å². The molecule has 0 bridgehead atoms. The molecule has 154 valence electrons. The summed E-state index contributed by atoms with van der Waals surface area (Å²) in [6, 6.07) is 13.6. The van der Waals surface area contributed by atoms with Gasteiger partial charge in [0.2, 0.25) is 5.78 Å². The number of thiophene rings is 1. The number of halogens is 1. The number of aliphatic hydroxyl groups is 1. The smallest absolute Gasteiger partial charge is 0.290 e. The lowest BCUT2D eigenvalue weighted by atomic mass is 9.96. The van der Waals surface area contributed by atoms with Gasteiger partial charge in [-0.3, -0.25) is 14.6 Å². The molecule has 0 spiro atoms. The van der Waals surface area contributed by atoms with Crippen LogP contribution in [0.3, 0.4) is 0 Å². The zero-order valence-corrected chi connectivity index (χ0v) is 18.4. The number of Topliss-reactive ketones (excluding diaryl/α,β-unsaturated/α-hetero) is 1. The molecule has 0 fully saturated rings. The number of amides is 1. The lowest BCUT2D eigenvalue weighted by Crippen LogP contribution is -2.30. The third-order valence-electron chi connectivity index (χ3n) is 5.16. The summed E-state index contributed by atoms with van der Waals surface area (Å²) in [6.45, 7) is 0.268. The molecule has 4 aromatic rings. The van der Waals surface area contributed by atoms with E-state index in [9.17, 15) is 14.7 Å². The molecule has 1 unspecified atom stereocenters. The van der Waals surface area contributed by atoms with Crippen LogP contribution in [-0.4, -0.2) is 26.7 Å². The van der Waals surface area contributed by atoms with Crippen LogP contribution in [0.4, 0.5) is 0 Å². The van der Waals surface area contributed by atoms with Crippen molar-refractivity contribution >= 4 is 49.9 Å². The maximum Gasteiger partial charge on any atom is 0.290 e. The minimum atomic E-state index is -0.768. The Kier molecular flexibility index (Phi) is 4.95. The van der Waals surface area contributed by atoms with Crippen LogP contribution in [-0.2, 0) is 11.3 Å². The molecule has 1 N–H and O–H groups in total. The molecule has 6 nitrogen and oxygen atoms in total. The lowest BCUT2D eigenvalue weighted by Gasteiger charge is -2.25. The van der Waals surface area contributed by atoms with E-state index in [4.69, 9.17) is 4.42 Å². The second-order valence-corrected chi connectivity index (χ2v) is 9.03. The Morgan fingerprint density at radius 1 is 1.23 bits per heavy atom. The Morgan fingerprint density at radius 3 is 2.84 bits per heavy atom. The zero-order chi connectivity index (χ0) is 21.5. The maximum atomic E-state index is 13.5. The molecular formula is C23H15BrN2O4S. The summed E-state index contributed by atoms with van der Waals surface area (Å²) in [4.78, 5) is 33.0. The molecule has 4 heterocycles. The second-order valence-electron chi connectivity index (χ2n) is 7.09. The van der Waals surface area contributed by atoms with Gasteiger partial charge in [-0.25, -0.2) is 0 Å². The summed E-state index contributed by atoms with van der Waals surface area (Å²) in [5.74, 6) is -1.61. The van der Waals surface area contributed by atoms with Crippen LogP contribution in [0.25, 0.3) is 11.0 Å². The second kappa shape index (κ2) is 7.79. The Bertz CT molecular complexity index is 1330. The largest absolute Gasteiger partial charge is 0.503 e. The summed E-state index contributed by atoms with van der Waals surface area (Å²) in [5.41, 5.74) is 1.18. The third-order valence-corrected chi connectivity index (χ3v) is 6.51. The Hall–Kier alpha value is -3.23. The third kappa shape index (κ3) is 3.47. The summed E-state index contributed by atoms with van der Waals surface area (Å²) in [6.07, 6.45) is 3.22. The van der Waals surface area contributed by atoms with Crippen LogP contribution in [0.2, 0.25) is 0 Å². The van der Waals surface area contributed by atoms with Crippen molar-refractivity contribution in [1.82, 2.24) is 9.88 Å². The fourth-order valence-corrected chi connectivity index (χ4v) is 4.84. The highest BCUT2D eigenvalue weighted by molar-refractivity contribution is 9.10. The summed E-state index contributed by atoms with van der Waals surface area (Å²) in [5, 5.41) is 13.4. The van der Waals surface area contributed by atoms with Crippen LogP contribution in [0.15, 0.2) is 86.5 Å². The van der Waals surface area contributed by atoms with Crippen molar-refractivity contribution in [3.05, 3.63) is 98.3 Å². The van der Waals surface area contributed by atoms with Gasteiger partial charge in [-0.05, 0) is 47.3 Å². The minimum Gasteiger partial charge on any atom is -0.503 e. The Labute approximate surface area is 189 Å². The van der Waals surface area contributed by atoms with Crippen molar-refractivity contribution in [3.8, 4) is 0 Å². The molecule has 8 heteroatoms. The SMILES string of the molecule is O=C(C1=C(O)C(=O)N(Cc2cccs2)C1c1cccnc1)c1cc2cc(Br)ccc2o1. The quantitative estimate of drug-likeness (QED) is 0.374. The highest BCUT2D eigenvalue weighted by Gasteiger charge is 2.44. The number of hydrogen-bond acceptors (Lipinski definition) is 6. The van der Waals surface area contributed by atoms with Gasteiger partial charge in [0.15, 0.2) is 11.5 Å². The summed E-state index contributed by atoms with van der Waals surface area (Å²) in [7, 11) is 0. The lowest BCUT2D eigenvalue weighted by molar-refractivity contribution is -0.130. The summed E-state index contributed by atoms with van der Waals surface area (Å²) >= 11 is 4.91. The molecule has 0 saturated heterocycles. The van der Waals surface area contributed by atoms with Crippen LogP contribution < -0.4 is 0 Å². The van der Waals surface area contributed by atoms with Crippen LogP contribution >= 0.6 is 27.3 Å². The molecule has 1 aliphatic heterocycles. The van der Waals surface area contributed by atoms with Gasteiger partial charge in [0.1, 0.15) is 5.58 Å². The number of fused-ring (bicyclic) bond motifs is 1. The molecule has 31 heavy (non-hydrogen) atoms. The standard InChI is InChI=1S/C23H15BrN2O4S/c24-15-5-6-17-14(9-15)10-18(30-17)21(27)19-20(13-3-1-7-25-11-13)26(23(29)22(19)28)12-16-4-2-8-31-16/h1-11,20,28H,12H2. The van der Waals surface area contributed by atoms with Gasteiger partial charge in [-0.2, -0.15) is 0 Å². The first-order chi connectivity index (χ1) is 15.0. The van der Waals surface area contributed by atoms with Crippen molar-refractivity contribution in [2.45, 2.75) is 12.6 Å². The summed E-state index contributed by atoms with van der Waals surface area (Å²) < 4.78 is 6.60. The Balaban J connectivity index is 1.60. The highest BCUT2D eigenvalue weighted by atomic mass is 79.9. The molecule has 0 saturated carbocycles. The zero-order valence-electron chi connectivity index (χ0n) is 16.0. The molecule has 1 aromatic carbocycles. The number of aromatic nitrogens is 1. The normalized spacial score (nSPS) is 16.5. The van der Waals surface area contributed by atoms with E-state index >= 15 is 0 Å². The number of ketones is 1. The van der Waals surface area contributed by atoms with Crippen LogP contribution in [0.5, 0.6) is 0 Å². The fourth-order valence-electron chi connectivity index (χ4n) is 3.76. The van der Waals surface area contributed by atoms with Gasteiger partial charge in [0.05, 0.1) is 18.2 Å². The van der Waals surface area contributed by atoms with Crippen molar-refractivity contribution in [3.63, 3.8) is 0 Å². The van der Waals surface area contributed by atoms with Crippen LogP contribution in [0.1, 0.15) is 27.0 Å². The molecule has 3 aromatic heterocycles. The van der Waals surface area contributed by atoms with Crippen molar-refractivity contribution < 1.29 is 19.1 Å². The van der Waals surface area contributed by atoms with Gasteiger partial charge in [-0.15, -0.1) is 11.3 Å². The average molecular weight is 495 g/mol. The average Bonchev–Trinajstić information content (AvgIpc) is 3.49. The van der Waals surface area contributed by atoms with E-state index in [0.29, 0.717) is 11.1 Å². The van der Waals surface area contributed by atoms with Gasteiger partial charge < -0.3 is 14.4 Å². The molecule has 1 aliphatic rings. The minimum absolute atomic E-state index is 0.00678. The molecule has 1 atom stereocenters. The van der Waals surface area contributed by atoms with Crippen molar-refractivity contribution in [2.24, 2.45) is 0 Å². The van der Waals surface area contributed by atoms with Crippen LogP contribution in [0, 0.1) is 0 Å². The number of nitrogens with zero attached hydrogens (tertiary/aromatic N) is 2. The predicted molar refractivity (Wildman–Crippen MR) is 120 cm³/mol. The molecular weight excluding hydrogens is 480 g/mol. The number of hydrogen-bond donors (Lipinski definition) is 1. The predicted octanol–water partition coefficient (Wildman–Crippen LogP) is 5.43. The van der Waals surface area contributed by atoms with E-state index in [1.54, 1.807) is 36.7 Å². The number of carbonyl (C=O) groups excluding carboxylic acids is 2. The van der Waals surface area contributed by atoms with Gasteiger partial charge in [-0.1, -0.05) is 28.1 Å². The van der Waals surface area contributed by atoms with E-state index < -0.39 is 23.5 Å². The molecule has 0 aliphatic carbocycles. The first-order valence-electron chi connectivity index (χ1n) is 9.43. The number of carbonyl (C=O) groups is 2. The maximum absolute atomic E-state index is 13.5. The number of aliphatic hydroxyl groups excluding tert-OH is 1. The van der Waals surface area contributed by atoms with Gasteiger partial charge in [0, 0.05) is 27.1 Å². The van der Waals surface area contributed by atoms with Gasteiger partial charge >= 0.3 is 0 Å². The first kappa shape index (κ1) is 19.7. The van der Waals surface area contributed by atoms with Gasteiger partial charge in [0.25, 0.3) is 5.91 Å². The van der Waals surface area contributed by atoms with Crippen molar-refractivity contribution in [1.29, 1.82) is 0 Å². The number of pyridine rings is 1. The van der Waals surface area contributed by atoms with E-state index in [1.807, 2.05) is 29.6 Å². The number of rotatable bonds is 5. The van der Waals surface area contributed by atoms with E-state index in [0.717, 1.165) is 14.7 Å². The monoisotopic (exact) mass is 494 g/mol. The van der Waals surface area contributed by atoms with E-state index in [1.165, 1.54) is 16.2 Å². The molecule has 1 amide bonds. The molecule has 5 rings (SSSR count). The first-order valence-corrected chi connectivity index (χ1v) is 11.1. The fraction of sp³-hybridized carbons (Fsp3) is 0.0870. The highest BCUT2D eigenvalue weighted by Crippen LogP contribution is 2.40. The van der Waals surface area contributed by atoms with Crippen molar-refractivity contribution in [2.75, 3.05) is 0 Å². The topological polar surface area (TPSA) is 83.6 Å².